The highest BCUT2D eigenvalue weighted by Crippen LogP contribution is 2.37. The molecule has 0 saturated carbocycles. The van der Waals surface area contributed by atoms with Gasteiger partial charge in [-0.3, -0.25) is 0 Å². The van der Waals surface area contributed by atoms with Gasteiger partial charge in [-0.05, 0) is 40.5 Å². The van der Waals surface area contributed by atoms with Crippen LogP contribution < -0.4 is 9.47 Å². The minimum atomic E-state index is 0.468. The van der Waals surface area contributed by atoms with Crippen molar-refractivity contribution in [1.29, 1.82) is 0 Å². The summed E-state index contributed by atoms with van der Waals surface area (Å²) in [7, 11) is 1.65. The summed E-state index contributed by atoms with van der Waals surface area (Å²) in [6.07, 6.45) is 0. The van der Waals surface area contributed by atoms with Gasteiger partial charge in [0.1, 0.15) is 6.61 Å². The molecule has 0 spiro atoms. The lowest BCUT2D eigenvalue weighted by atomic mass is 10.2. The van der Waals surface area contributed by atoms with E-state index < -0.39 is 0 Å². The molecule has 0 aromatic heterocycles. The summed E-state index contributed by atoms with van der Waals surface area (Å²) in [6.45, 7) is 4.69. The second kappa shape index (κ2) is 10.4. The number of methoxy groups -OCH3 is 1. The van der Waals surface area contributed by atoms with Crippen LogP contribution in [-0.2, 0) is 14.8 Å². The Hall–Kier alpha value is -0.300. The molecule has 0 N–H and O–H groups in total. The molecule has 4 nitrogen and oxygen atoms in total. The van der Waals surface area contributed by atoms with E-state index in [1.54, 1.807) is 7.11 Å². The van der Waals surface area contributed by atoms with E-state index in [-0.39, 0.29) is 0 Å². The first-order chi connectivity index (χ1) is 9.72. The van der Waals surface area contributed by atoms with Crippen molar-refractivity contribution in [3.63, 3.8) is 0 Å². The molecule has 0 aliphatic rings. The van der Waals surface area contributed by atoms with E-state index in [1.165, 1.54) is 0 Å². The number of hydrogen-bond acceptors (Lipinski definition) is 4. The quantitative estimate of drug-likeness (QED) is 0.433. The van der Waals surface area contributed by atoms with Crippen LogP contribution in [0.4, 0.5) is 0 Å². The third-order valence-electron chi connectivity index (χ3n) is 2.43. The van der Waals surface area contributed by atoms with Gasteiger partial charge in [0.05, 0.1) is 30.9 Å². The highest BCUT2D eigenvalue weighted by Gasteiger charge is 2.11. The summed E-state index contributed by atoms with van der Waals surface area (Å²) in [4.78, 5) is 0. The molecule has 114 valence electrons. The fraction of sp³-hybridized carbons (Fsp3) is 0.571. The van der Waals surface area contributed by atoms with Crippen molar-refractivity contribution >= 4 is 31.9 Å². The van der Waals surface area contributed by atoms with E-state index >= 15 is 0 Å². The minimum Gasteiger partial charge on any atom is -0.490 e. The van der Waals surface area contributed by atoms with Gasteiger partial charge >= 0.3 is 0 Å². The molecule has 0 fully saturated rings. The summed E-state index contributed by atoms with van der Waals surface area (Å²) in [6, 6.07) is 3.99. The van der Waals surface area contributed by atoms with Crippen LogP contribution in [0.25, 0.3) is 0 Å². The predicted octanol–water partition coefficient (Wildman–Crippen LogP) is 3.78. The van der Waals surface area contributed by atoms with Crippen LogP contribution in [0.15, 0.2) is 16.6 Å². The lowest BCUT2D eigenvalue weighted by Crippen LogP contribution is -2.11. The predicted molar refractivity (Wildman–Crippen MR) is 86.1 cm³/mol. The Morgan fingerprint density at radius 2 is 1.80 bits per heavy atom. The molecule has 0 saturated heterocycles. The van der Waals surface area contributed by atoms with E-state index in [0.717, 1.165) is 21.1 Å². The van der Waals surface area contributed by atoms with Crippen LogP contribution >= 0.6 is 31.9 Å². The molecule has 0 atom stereocenters. The van der Waals surface area contributed by atoms with Gasteiger partial charge in [-0.1, -0.05) is 15.9 Å². The van der Waals surface area contributed by atoms with Gasteiger partial charge in [-0.15, -0.1) is 0 Å². The SMILES string of the molecule is CCOc1cc(CBr)cc(Br)c1OCCOCCOC. The Morgan fingerprint density at radius 3 is 2.45 bits per heavy atom. The Morgan fingerprint density at radius 1 is 1.05 bits per heavy atom. The maximum Gasteiger partial charge on any atom is 0.175 e. The maximum absolute atomic E-state index is 5.75. The zero-order valence-electron chi connectivity index (χ0n) is 11.8. The molecular weight excluding hydrogens is 392 g/mol. The van der Waals surface area contributed by atoms with Gasteiger partial charge in [0, 0.05) is 12.4 Å². The van der Waals surface area contributed by atoms with Gasteiger partial charge in [-0.2, -0.15) is 0 Å². The first kappa shape index (κ1) is 17.8. The molecule has 0 aliphatic carbocycles. The lowest BCUT2D eigenvalue weighted by Gasteiger charge is -2.15. The van der Waals surface area contributed by atoms with Gasteiger partial charge in [0.2, 0.25) is 0 Å². The first-order valence-electron chi connectivity index (χ1n) is 6.43. The molecule has 0 bridgehead atoms. The minimum absolute atomic E-state index is 0.468. The van der Waals surface area contributed by atoms with Crippen molar-refractivity contribution in [2.45, 2.75) is 12.3 Å². The summed E-state index contributed by atoms with van der Waals surface area (Å²) in [5, 5.41) is 0.770. The van der Waals surface area contributed by atoms with E-state index in [0.29, 0.717) is 38.8 Å². The van der Waals surface area contributed by atoms with Crippen LogP contribution in [0.2, 0.25) is 0 Å². The Labute approximate surface area is 137 Å². The molecule has 0 heterocycles. The second-order valence-electron chi connectivity index (χ2n) is 3.93. The van der Waals surface area contributed by atoms with E-state index in [4.69, 9.17) is 18.9 Å². The fourth-order valence-corrected chi connectivity index (χ4v) is 2.48. The van der Waals surface area contributed by atoms with Crippen LogP contribution in [0.3, 0.4) is 0 Å². The molecule has 1 aromatic rings. The van der Waals surface area contributed by atoms with Crippen molar-refractivity contribution in [3.05, 3.63) is 22.2 Å². The molecule has 20 heavy (non-hydrogen) atoms. The highest BCUT2D eigenvalue weighted by atomic mass is 79.9. The Kier molecular flexibility index (Phi) is 9.26. The van der Waals surface area contributed by atoms with E-state index in [2.05, 4.69) is 31.9 Å². The van der Waals surface area contributed by atoms with Crippen molar-refractivity contribution < 1.29 is 18.9 Å². The zero-order chi connectivity index (χ0) is 14.8. The third kappa shape index (κ3) is 5.99. The highest BCUT2D eigenvalue weighted by molar-refractivity contribution is 9.10. The molecule has 0 unspecified atom stereocenters. The van der Waals surface area contributed by atoms with Gasteiger partial charge in [0.25, 0.3) is 0 Å². The molecular formula is C14H20Br2O4. The molecule has 0 aliphatic heterocycles. The number of alkyl halides is 1. The zero-order valence-corrected chi connectivity index (χ0v) is 15.0. The van der Waals surface area contributed by atoms with Crippen LogP contribution in [0.5, 0.6) is 11.5 Å². The second-order valence-corrected chi connectivity index (χ2v) is 5.34. The van der Waals surface area contributed by atoms with E-state index in [1.807, 2.05) is 19.1 Å². The van der Waals surface area contributed by atoms with Crippen molar-refractivity contribution in [3.8, 4) is 11.5 Å². The number of hydrogen-bond donors (Lipinski definition) is 0. The number of benzene rings is 1. The van der Waals surface area contributed by atoms with Gasteiger partial charge < -0.3 is 18.9 Å². The lowest BCUT2D eigenvalue weighted by molar-refractivity contribution is 0.0537. The summed E-state index contributed by atoms with van der Waals surface area (Å²) in [5.41, 5.74) is 1.13. The fourth-order valence-electron chi connectivity index (χ4n) is 1.55. The summed E-state index contributed by atoms with van der Waals surface area (Å²) in [5.74, 6) is 1.46. The smallest absolute Gasteiger partial charge is 0.175 e. The normalized spacial score (nSPS) is 10.6. The Balaban J connectivity index is 2.58. The number of rotatable bonds is 10. The topological polar surface area (TPSA) is 36.9 Å². The van der Waals surface area contributed by atoms with Crippen LogP contribution in [0, 0.1) is 0 Å². The standard InChI is InChI=1S/C14H20Br2O4/c1-3-19-13-9-11(10-15)8-12(16)14(13)20-7-6-18-5-4-17-2/h8-9H,3-7,10H2,1-2H3. The number of ether oxygens (including phenoxy) is 4. The summed E-state index contributed by atoms with van der Waals surface area (Å²) >= 11 is 6.96. The monoisotopic (exact) mass is 410 g/mol. The molecule has 1 aromatic carbocycles. The molecule has 6 heteroatoms. The average molecular weight is 412 g/mol. The maximum atomic E-state index is 5.75. The molecule has 0 radical (unpaired) electrons. The van der Waals surface area contributed by atoms with Gasteiger partial charge in [0.15, 0.2) is 11.5 Å². The third-order valence-corrected chi connectivity index (χ3v) is 3.67. The van der Waals surface area contributed by atoms with Crippen molar-refractivity contribution in [2.24, 2.45) is 0 Å². The van der Waals surface area contributed by atoms with Crippen LogP contribution in [-0.4, -0.2) is 40.1 Å². The molecule has 1 rings (SSSR count). The van der Waals surface area contributed by atoms with Gasteiger partial charge in [-0.25, -0.2) is 0 Å². The summed E-state index contributed by atoms with van der Waals surface area (Å²) < 4.78 is 22.5. The Bertz CT molecular complexity index is 399. The van der Waals surface area contributed by atoms with Crippen LogP contribution in [0.1, 0.15) is 12.5 Å². The molecule has 0 amide bonds. The van der Waals surface area contributed by atoms with Crippen molar-refractivity contribution in [1.82, 2.24) is 0 Å². The largest absolute Gasteiger partial charge is 0.490 e. The number of halogens is 2. The first-order valence-corrected chi connectivity index (χ1v) is 8.35. The average Bonchev–Trinajstić information content (AvgIpc) is 2.44. The van der Waals surface area contributed by atoms with Crippen molar-refractivity contribution in [2.75, 3.05) is 40.1 Å². The van der Waals surface area contributed by atoms with E-state index in [9.17, 15) is 0 Å².